The molecule has 1 heterocycles. The molecule has 0 aliphatic carbocycles. The summed E-state index contributed by atoms with van der Waals surface area (Å²) < 4.78 is 0. The van der Waals surface area contributed by atoms with Crippen LogP contribution in [-0.2, 0) is 24.0 Å². The average molecular weight is 343 g/mol. The van der Waals surface area contributed by atoms with Gasteiger partial charge >= 0.3 is 5.97 Å². The second-order valence-corrected chi connectivity index (χ2v) is 5.30. The molecule has 11 heteroatoms. The van der Waals surface area contributed by atoms with Gasteiger partial charge in [-0.3, -0.25) is 19.2 Å². The van der Waals surface area contributed by atoms with E-state index < -0.39 is 54.6 Å². The molecular weight excluding hydrogens is 322 g/mol. The number of aliphatic carboxylic acids is 1. The number of rotatable bonds is 8. The zero-order valence-electron chi connectivity index (χ0n) is 13.0. The van der Waals surface area contributed by atoms with E-state index in [1.807, 2.05) is 0 Å². The summed E-state index contributed by atoms with van der Waals surface area (Å²) >= 11 is 0. The van der Waals surface area contributed by atoms with Gasteiger partial charge in [0.05, 0.1) is 19.5 Å². The van der Waals surface area contributed by atoms with E-state index in [0.717, 1.165) is 0 Å². The standard InChI is InChI=1S/C13H21N5O6/c14-5-10(20)17-7(4-9(15)19)12(22)16-6-11(21)18-3-1-2-8(18)13(23)24/h7-8H,1-6,14H2,(H2,15,19)(H,16,22)(H,17,20)(H,23,24). The van der Waals surface area contributed by atoms with Crippen LogP contribution < -0.4 is 22.1 Å². The van der Waals surface area contributed by atoms with Crippen molar-refractivity contribution in [3.05, 3.63) is 0 Å². The van der Waals surface area contributed by atoms with Crippen LogP contribution in [0.1, 0.15) is 19.3 Å². The molecule has 1 saturated heterocycles. The number of hydrogen-bond donors (Lipinski definition) is 5. The molecule has 0 aromatic carbocycles. The minimum absolute atomic E-state index is 0.292. The van der Waals surface area contributed by atoms with Crippen molar-refractivity contribution in [2.45, 2.75) is 31.3 Å². The van der Waals surface area contributed by atoms with E-state index in [0.29, 0.717) is 19.4 Å². The highest BCUT2D eigenvalue weighted by molar-refractivity contribution is 5.94. The van der Waals surface area contributed by atoms with Crippen molar-refractivity contribution in [1.29, 1.82) is 0 Å². The minimum atomic E-state index is -1.25. The van der Waals surface area contributed by atoms with Gasteiger partial charge in [0.1, 0.15) is 12.1 Å². The van der Waals surface area contributed by atoms with Crippen LogP contribution in [0.2, 0.25) is 0 Å². The monoisotopic (exact) mass is 343 g/mol. The lowest BCUT2D eigenvalue weighted by Crippen LogP contribution is -2.52. The topological polar surface area (TPSA) is 185 Å². The summed E-state index contributed by atoms with van der Waals surface area (Å²) in [6.45, 7) is -0.536. The summed E-state index contributed by atoms with van der Waals surface area (Å²) in [5, 5.41) is 13.5. The summed E-state index contributed by atoms with van der Waals surface area (Å²) in [5.74, 6) is -3.92. The number of nitrogens with one attached hydrogen (secondary N) is 2. The lowest BCUT2D eigenvalue weighted by atomic mass is 10.1. The van der Waals surface area contributed by atoms with Crippen molar-refractivity contribution in [1.82, 2.24) is 15.5 Å². The molecular formula is C13H21N5O6. The van der Waals surface area contributed by atoms with Crippen LogP contribution in [0, 0.1) is 0 Å². The van der Waals surface area contributed by atoms with Gasteiger partial charge in [-0.2, -0.15) is 0 Å². The molecule has 134 valence electrons. The van der Waals surface area contributed by atoms with E-state index in [-0.39, 0.29) is 6.54 Å². The molecule has 11 nitrogen and oxygen atoms in total. The third-order valence-electron chi connectivity index (χ3n) is 3.51. The van der Waals surface area contributed by atoms with E-state index in [9.17, 15) is 24.0 Å². The van der Waals surface area contributed by atoms with E-state index in [4.69, 9.17) is 16.6 Å². The third kappa shape index (κ3) is 5.50. The Morgan fingerprint density at radius 1 is 1.25 bits per heavy atom. The molecule has 1 aliphatic heterocycles. The van der Waals surface area contributed by atoms with Gasteiger partial charge in [-0.1, -0.05) is 0 Å². The Kier molecular flexibility index (Phi) is 7.11. The smallest absolute Gasteiger partial charge is 0.326 e. The van der Waals surface area contributed by atoms with Gasteiger partial charge < -0.3 is 32.1 Å². The van der Waals surface area contributed by atoms with Gasteiger partial charge in [-0.15, -0.1) is 0 Å². The first kappa shape index (κ1) is 19.4. The molecule has 1 rings (SSSR count). The summed E-state index contributed by atoms with van der Waals surface area (Å²) in [5.41, 5.74) is 10.1. The molecule has 2 unspecified atom stereocenters. The number of primary amides is 1. The molecule has 0 aromatic heterocycles. The molecule has 1 aliphatic rings. The molecule has 0 spiro atoms. The zero-order valence-corrected chi connectivity index (χ0v) is 13.0. The Morgan fingerprint density at radius 3 is 2.46 bits per heavy atom. The van der Waals surface area contributed by atoms with Crippen molar-refractivity contribution < 1.29 is 29.1 Å². The van der Waals surface area contributed by atoms with Crippen LogP contribution in [0.5, 0.6) is 0 Å². The largest absolute Gasteiger partial charge is 0.480 e. The van der Waals surface area contributed by atoms with Crippen molar-refractivity contribution in [3.63, 3.8) is 0 Å². The second kappa shape index (κ2) is 8.82. The van der Waals surface area contributed by atoms with E-state index in [2.05, 4.69) is 10.6 Å². The number of carboxylic acids is 1. The molecule has 2 atom stereocenters. The Labute approximate surface area is 137 Å². The summed E-state index contributed by atoms with van der Waals surface area (Å²) in [6.07, 6.45) is 0.465. The number of likely N-dealkylation sites (tertiary alicyclic amines) is 1. The number of hydrogen-bond acceptors (Lipinski definition) is 6. The fourth-order valence-electron chi connectivity index (χ4n) is 2.37. The first-order valence-corrected chi connectivity index (χ1v) is 7.34. The highest BCUT2D eigenvalue weighted by atomic mass is 16.4. The Morgan fingerprint density at radius 2 is 1.92 bits per heavy atom. The van der Waals surface area contributed by atoms with E-state index in [1.165, 1.54) is 4.90 Å². The maximum absolute atomic E-state index is 12.0. The average Bonchev–Trinajstić information content (AvgIpc) is 3.00. The normalized spacial score (nSPS) is 17.9. The molecule has 7 N–H and O–H groups in total. The predicted molar refractivity (Wildman–Crippen MR) is 80.2 cm³/mol. The van der Waals surface area contributed by atoms with Gasteiger partial charge in [-0.05, 0) is 12.8 Å². The highest BCUT2D eigenvalue weighted by Gasteiger charge is 2.34. The van der Waals surface area contributed by atoms with Crippen molar-refractivity contribution in [2.24, 2.45) is 11.5 Å². The van der Waals surface area contributed by atoms with Crippen LogP contribution in [0.15, 0.2) is 0 Å². The Hall–Kier alpha value is -2.69. The quantitative estimate of drug-likeness (QED) is 0.302. The van der Waals surface area contributed by atoms with Gasteiger partial charge in [-0.25, -0.2) is 4.79 Å². The van der Waals surface area contributed by atoms with Gasteiger partial charge in [0.15, 0.2) is 0 Å². The fourth-order valence-corrected chi connectivity index (χ4v) is 2.37. The number of amides is 4. The molecule has 0 radical (unpaired) electrons. The molecule has 0 saturated carbocycles. The van der Waals surface area contributed by atoms with Crippen LogP contribution in [-0.4, -0.2) is 71.3 Å². The highest BCUT2D eigenvalue weighted by Crippen LogP contribution is 2.17. The number of carbonyl (C=O) groups is 5. The molecule has 4 amide bonds. The van der Waals surface area contributed by atoms with E-state index in [1.54, 1.807) is 0 Å². The summed E-state index contributed by atoms with van der Waals surface area (Å²) in [4.78, 5) is 58.5. The molecule has 1 fully saturated rings. The van der Waals surface area contributed by atoms with E-state index >= 15 is 0 Å². The lowest BCUT2D eigenvalue weighted by molar-refractivity contribution is -0.148. The number of nitrogens with zero attached hydrogens (tertiary/aromatic N) is 1. The van der Waals surface area contributed by atoms with Gasteiger partial charge in [0, 0.05) is 6.54 Å². The lowest BCUT2D eigenvalue weighted by Gasteiger charge is -2.22. The van der Waals surface area contributed by atoms with Crippen LogP contribution >= 0.6 is 0 Å². The SMILES string of the molecule is NCC(=O)NC(CC(N)=O)C(=O)NCC(=O)N1CCCC1C(=O)O. The van der Waals surface area contributed by atoms with Gasteiger partial charge in [0.2, 0.25) is 23.6 Å². The maximum Gasteiger partial charge on any atom is 0.326 e. The summed E-state index contributed by atoms with van der Waals surface area (Å²) in [7, 11) is 0. The van der Waals surface area contributed by atoms with Crippen LogP contribution in [0.4, 0.5) is 0 Å². The number of carboxylic acid groups (broad SMARTS) is 1. The predicted octanol–water partition coefficient (Wildman–Crippen LogP) is -3.50. The van der Waals surface area contributed by atoms with Crippen LogP contribution in [0.3, 0.4) is 0 Å². The first-order valence-electron chi connectivity index (χ1n) is 7.34. The van der Waals surface area contributed by atoms with Crippen molar-refractivity contribution >= 4 is 29.6 Å². The fraction of sp³-hybridized carbons (Fsp3) is 0.615. The first-order chi connectivity index (χ1) is 11.3. The molecule has 0 aromatic rings. The third-order valence-corrected chi connectivity index (χ3v) is 3.51. The molecule has 24 heavy (non-hydrogen) atoms. The molecule has 0 bridgehead atoms. The zero-order chi connectivity index (χ0) is 18.3. The van der Waals surface area contributed by atoms with Gasteiger partial charge in [0.25, 0.3) is 0 Å². The Balaban J connectivity index is 2.60. The number of carbonyl (C=O) groups excluding carboxylic acids is 4. The Bertz CT molecular complexity index is 537. The van der Waals surface area contributed by atoms with Crippen molar-refractivity contribution in [2.75, 3.05) is 19.6 Å². The summed E-state index contributed by atoms with van der Waals surface area (Å²) in [6, 6.07) is -2.16. The van der Waals surface area contributed by atoms with Crippen LogP contribution in [0.25, 0.3) is 0 Å². The number of nitrogens with two attached hydrogens (primary N) is 2. The second-order valence-electron chi connectivity index (χ2n) is 5.30. The minimum Gasteiger partial charge on any atom is -0.480 e. The maximum atomic E-state index is 12.0. The van der Waals surface area contributed by atoms with Crippen molar-refractivity contribution in [3.8, 4) is 0 Å².